The highest BCUT2D eigenvalue weighted by atomic mass is 32.2. The number of aryl methyl sites for hydroxylation is 1. The fourth-order valence-electron chi connectivity index (χ4n) is 2.03. The molecule has 0 fully saturated rings. The predicted octanol–water partition coefficient (Wildman–Crippen LogP) is 2.85. The number of carbonyl (C=O) groups is 1. The molecule has 0 aliphatic heterocycles. The first-order valence-electron chi connectivity index (χ1n) is 7.01. The van der Waals surface area contributed by atoms with E-state index in [1.807, 2.05) is 19.9 Å². The average Bonchev–Trinajstić information content (AvgIpc) is 2.35. The monoisotopic (exact) mass is 295 g/mol. The molecule has 0 spiro atoms. The van der Waals surface area contributed by atoms with Crippen molar-refractivity contribution in [1.82, 2.24) is 4.90 Å². The first-order chi connectivity index (χ1) is 9.40. The standard InChI is InChI=1S/C16H25NO2S/c1-12(2)17(9-14(4)18)16(19)11-20-10-15-7-5-6-13(3)8-15/h5-8,12,14,18H,9-11H2,1-4H3. The molecule has 0 radical (unpaired) electrons. The van der Waals surface area contributed by atoms with Gasteiger partial charge in [0.25, 0.3) is 0 Å². The summed E-state index contributed by atoms with van der Waals surface area (Å²) in [5.74, 6) is 1.39. The zero-order chi connectivity index (χ0) is 15.1. The van der Waals surface area contributed by atoms with E-state index in [2.05, 4.69) is 25.1 Å². The molecule has 20 heavy (non-hydrogen) atoms. The summed E-state index contributed by atoms with van der Waals surface area (Å²) in [6.07, 6.45) is -0.483. The minimum Gasteiger partial charge on any atom is -0.392 e. The van der Waals surface area contributed by atoms with Gasteiger partial charge in [0, 0.05) is 18.3 Å². The summed E-state index contributed by atoms with van der Waals surface area (Å²) < 4.78 is 0. The van der Waals surface area contributed by atoms with Crippen LogP contribution in [0.25, 0.3) is 0 Å². The lowest BCUT2D eigenvalue weighted by Gasteiger charge is -2.28. The summed E-state index contributed by atoms with van der Waals surface area (Å²) in [6, 6.07) is 8.47. The van der Waals surface area contributed by atoms with E-state index < -0.39 is 6.10 Å². The van der Waals surface area contributed by atoms with Crippen molar-refractivity contribution in [3.63, 3.8) is 0 Å². The van der Waals surface area contributed by atoms with Crippen LogP contribution >= 0.6 is 11.8 Å². The highest BCUT2D eigenvalue weighted by Gasteiger charge is 2.18. The second-order valence-corrected chi connectivity index (χ2v) is 6.46. The van der Waals surface area contributed by atoms with Crippen molar-refractivity contribution in [2.75, 3.05) is 12.3 Å². The highest BCUT2D eigenvalue weighted by molar-refractivity contribution is 7.99. The van der Waals surface area contributed by atoms with Gasteiger partial charge in [-0.05, 0) is 33.3 Å². The Morgan fingerprint density at radius 2 is 2.05 bits per heavy atom. The molecule has 0 saturated carbocycles. The van der Waals surface area contributed by atoms with Gasteiger partial charge in [-0.2, -0.15) is 0 Å². The van der Waals surface area contributed by atoms with Crippen molar-refractivity contribution in [2.24, 2.45) is 0 Å². The zero-order valence-electron chi connectivity index (χ0n) is 12.8. The maximum atomic E-state index is 12.2. The fourth-order valence-corrected chi connectivity index (χ4v) is 2.88. The van der Waals surface area contributed by atoms with Crippen LogP contribution in [0.3, 0.4) is 0 Å². The first-order valence-corrected chi connectivity index (χ1v) is 8.16. The van der Waals surface area contributed by atoms with E-state index in [0.717, 1.165) is 5.75 Å². The molecule has 0 aromatic heterocycles. The van der Waals surface area contributed by atoms with Gasteiger partial charge in [0.2, 0.25) is 5.91 Å². The third-order valence-electron chi connectivity index (χ3n) is 2.98. The third kappa shape index (κ3) is 5.97. The molecule has 1 unspecified atom stereocenters. The molecule has 1 amide bonds. The molecule has 3 nitrogen and oxygen atoms in total. The molecule has 1 rings (SSSR count). The molecular formula is C16H25NO2S. The van der Waals surface area contributed by atoms with Crippen LogP contribution in [-0.2, 0) is 10.5 Å². The lowest BCUT2D eigenvalue weighted by atomic mass is 10.2. The third-order valence-corrected chi connectivity index (χ3v) is 3.97. The zero-order valence-corrected chi connectivity index (χ0v) is 13.6. The van der Waals surface area contributed by atoms with E-state index >= 15 is 0 Å². The van der Waals surface area contributed by atoms with Crippen LogP contribution in [0.15, 0.2) is 24.3 Å². The molecule has 0 saturated heterocycles. The van der Waals surface area contributed by atoms with Crippen molar-refractivity contribution in [3.8, 4) is 0 Å². The van der Waals surface area contributed by atoms with Crippen molar-refractivity contribution in [2.45, 2.75) is 45.6 Å². The van der Waals surface area contributed by atoms with Crippen LogP contribution in [0.5, 0.6) is 0 Å². The summed E-state index contributed by atoms with van der Waals surface area (Å²) >= 11 is 1.62. The maximum absolute atomic E-state index is 12.2. The Kier molecular flexibility index (Phi) is 7.10. The van der Waals surface area contributed by atoms with Gasteiger partial charge in [0.15, 0.2) is 0 Å². The Labute approximate surface area is 126 Å². The van der Waals surface area contributed by atoms with E-state index in [1.54, 1.807) is 23.6 Å². The highest BCUT2D eigenvalue weighted by Crippen LogP contribution is 2.15. The number of thioether (sulfide) groups is 1. The van der Waals surface area contributed by atoms with Gasteiger partial charge < -0.3 is 10.0 Å². The van der Waals surface area contributed by atoms with Crippen molar-refractivity contribution in [3.05, 3.63) is 35.4 Å². The van der Waals surface area contributed by atoms with Gasteiger partial charge in [0.1, 0.15) is 0 Å². The number of hydrogen-bond donors (Lipinski definition) is 1. The van der Waals surface area contributed by atoms with Crippen molar-refractivity contribution < 1.29 is 9.90 Å². The van der Waals surface area contributed by atoms with E-state index in [9.17, 15) is 9.90 Å². The molecule has 0 aliphatic carbocycles. The molecule has 1 atom stereocenters. The number of aliphatic hydroxyl groups is 1. The number of nitrogens with zero attached hydrogens (tertiary/aromatic N) is 1. The molecule has 0 aliphatic rings. The Morgan fingerprint density at radius 1 is 1.35 bits per heavy atom. The van der Waals surface area contributed by atoms with E-state index in [1.165, 1.54) is 11.1 Å². The van der Waals surface area contributed by atoms with E-state index in [0.29, 0.717) is 12.3 Å². The topological polar surface area (TPSA) is 40.5 Å². The SMILES string of the molecule is Cc1cccc(CSCC(=O)N(CC(C)O)C(C)C)c1. The molecular weight excluding hydrogens is 270 g/mol. The number of rotatable bonds is 7. The number of carbonyl (C=O) groups excluding carboxylic acids is 1. The van der Waals surface area contributed by atoms with Gasteiger partial charge in [-0.25, -0.2) is 0 Å². The van der Waals surface area contributed by atoms with Crippen molar-refractivity contribution >= 4 is 17.7 Å². The van der Waals surface area contributed by atoms with Gasteiger partial charge in [-0.15, -0.1) is 11.8 Å². The Balaban J connectivity index is 2.45. The summed E-state index contributed by atoms with van der Waals surface area (Å²) in [7, 11) is 0. The molecule has 112 valence electrons. The Bertz CT molecular complexity index is 432. The minimum absolute atomic E-state index is 0.0959. The second-order valence-electron chi connectivity index (χ2n) is 5.47. The van der Waals surface area contributed by atoms with Crippen LogP contribution in [0.1, 0.15) is 31.9 Å². The molecule has 0 heterocycles. The number of benzene rings is 1. The van der Waals surface area contributed by atoms with Crippen LogP contribution in [0, 0.1) is 6.92 Å². The largest absolute Gasteiger partial charge is 0.392 e. The lowest BCUT2D eigenvalue weighted by molar-refractivity contribution is -0.131. The normalized spacial score (nSPS) is 12.5. The predicted molar refractivity (Wildman–Crippen MR) is 85.9 cm³/mol. The molecule has 1 aromatic carbocycles. The number of hydrogen-bond acceptors (Lipinski definition) is 3. The van der Waals surface area contributed by atoms with Gasteiger partial charge in [-0.3, -0.25) is 4.79 Å². The summed E-state index contributed by atoms with van der Waals surface area (Å²) in [5.41, 5.74) is 2.49. The molecule has 4 heteroatoms. The fraction of sp³-hybridized carbons (Fsp3) is 0.562. The van der Waals surface area contributed by atoms with Gasteiger partial charge in [0.05, 0.1) is 11.9 Å². The summed E-state index contributed by atoms with van der Waals surface area (Å²) in [6.45, 7) is 8.14. The Hall–Kier alpha value is -1.00. The second kappa shape index (κ2) is 8.32. The Morgan fingerprint density at radius 3 is 2.60 bits per heavy atom. The number of amides is 1. The number of aliphatic hydroxyl groups excluding tert-OH is 1. The summed E-state index contributed by atoms with van der Waals surface area (Å²) in [5, 5.41) is 9.45. The lowest BCUT2D eigenvalue weighted by Crippen LogP contribution is -2.42. The minimum atomic E-state index is -0.483. The van der Waals surface area contributed by atoms with Crippen molar-refractivity contribution in [1.29, 1.82) is 0 Å². The van der Waals surface area contributed by atoms with Crippen LogP contribution < -0.4 is 0 Å². The molecule has 1 aromatic rings. The summed E-state index contributed by atoms with van der Waals surface area (Å²) in [4.78, 5) is 13.9. The molecule has 1 N–H and O–H groups in total. The van der Waals surface area contributed by atoms with Gasteiger partial charge in [-0.1, -0.05) is 29.8 Å². The smallest absolute Gasteiger partial charge is 0.232 e. The van der Waals surface area contributed by atoms with Crippen LogP contribution in [0.2, 0.25) is 0 Å². The first kappa shape index (κ1) is 17.1. The molecule has 0 bridgehead atoms. The van der Waals surface area contributed by atoms with E-state index in [4.69, 9.17) is 0 Å². The quantitative estimate of drug-likeness (QED) is 0.841. The average molecular weight is 295 g/mol. The van der Waals surface area contributed by atoms with E-state index in [-0.39, 0.29) is 11.9 Å². The van der Waals surface area contributed by atoms with Gasteiger partial charge >= 0.3 is 0 Å². The maximum Gasteiger partial charge on any atom is 0.232 e. The van der Waals surface area contributed by atoms with Crippen LogP contribution in [0.4, 0.5) is 0 Å². The van der Waals surface area contributed by atoms with Crippen LogP contribution in [-0.4, -0.2) is 40.4 Å².